The van der Waals surface area contributed by atoms with E-state index in [1.165, 1.54) is 50.8 Å². The Balaban J connectivity index is 0.00000162. The van der Waals surface area contributed by atoms with Gasteiger partial charge in [0.05, 0.1) is 0 Å². The standard InChI is InChI=1S/C15H22ClN.ClH/c1-2-3-6-15(17-11-4-5-12-17)13-7-9-14(16)10-8-13;/h7-10,15H,2-6,11-12H2,1H3;1H. The van der Waals surface area contributed by atoms with E-state index < -0.39 is 0 Å². The van der Waals surface area contributed by atoms with Crippen LogP contribution in [-0.4, -0.2) is 18.0 Å². The van der Waals surface area contributed by atoms with Crippen LogP contribution in [0.1, 0.15) is 50.6 Å². The van der Waals surface area contributed by atoms with Crippen LogP contribution in [0.2, 0.25) is 5.02 Å². The van der Waals surface area contributed by atoms with Crippen molar-refractivity contribution < 1.29 is 0 Å². The van der Waals surface area contributed by atoms with E-state index in [-0.39, 0.29) is 12.4 Å². The molecule has 1 aliphatic rings. The monoisotopic (exact) mass is 287 g/mol. The Bertz CT molecular complexity index is 331. The molecule has 1 heterocycles. The molecule has 1 nitrogen and oxygen atoms in total. The minimum atomic E-state index is 0. The molecular formula is C15H23Cl2N. The highest BCUT2D eigenvalue weighted by molar-refractivity contribution is 6.30. The van der Waals surface area contributed by atoms with Crippen molar-refractivity contribution in [3.8, 4) is 0 Å². The van der Waals surface area contributed by atoms with E-state index >= 15 is 0 Å². The van der Waals surface area contributed by atoms with Gasteiger partial charge in [0.1, 0.15) is 0 Å². The lowest BCUT2D eigenvalue weighted by Gasteiger charge is -2.28. The maximum atomic E-state index is 5.97. The summed E-state index contributed by atoms with van der Waals surface area (Å²) in [5, 5.41) is 0.837. The summed E-state index contributed by atoms with van der Waals surface area (Å²) in [6, 6.07) is 9.04. The second kappa shape index (κ2) is 8.04. The van der Waals surface area contributed by atoms with Crippen molar-refractivity contribution in [3.05, 3.63) is 34.9 Å². The summed E-state index contributed by atoms with van der Waals surface area (Å²) in [5.74, 6) is 0. The van der Waals surface area contributed by atoms with Crippen LogP contribution in [0.15, 0.2) is 24.3 Å². The molecule has 0 amide bonds. The summed E-state index contributed by atoms with van der Waals surface area (Å²) in [6.45, 7) is 4.79. The molecule has 102 valence electrons. The average Bonchev–Trinajstić information content (AvgIpc) is 2.85. The normalized spacial score (nSPS) is 17.4. The van der Waals surface area contributed by atoms with E-state index in [0.717, 1.165) is 5.02 Å². The number of hydrogen-bond donors (Lipinski definition) is 0. The molecule has 0 spiro atoms. The molecule has 0 bridgehead atoms. The molecule has 0 aliphatic carbocycles. The summed E-state index contributed by atoms with van der Waals surface area (Å²) in [4.78, 5) is 2.64. The third-order valence-electron chi connectivity index (χ3n) is 3.67. The summed E-state index contributed by atoms with van der Waals surface area (Å²) in [5.41, 5.74) is 1.43. The molecule has 0 N–H and O–H groups in total. The molecule has 0 radical (unpaired) electrons. The summed E-state index contributed by atoms with van der Waals surface area (Å²) in [7, 11) is 0. The predicted octanol–water partition coefficient (Wildman–Crippen LogP) is 5.09. The number of likely N-dealkylation sites (tertiary alicyclic amines) is 1. The third kappa shape index (κ3) is 4.15. The first-order valence-electron chi connectivity index (χ1n) is 6.81. The van der Waals surface area contributed by atoms with Crippen LogP contribution in [0.4, 0.5) is 0 Å². The van der Waals surface area contributed by atoms with Crippen molar-refractivity contribution in [1.82, 2.24) is 4.90 Å². The molecule has 18 heavy (non-hydrogen) atoms. The van der Waals surface area contributed by atoms with Gasteiger partial charge in [-0.1, -0.05) is 43.5 Å². The van der Waals surface area contributed by atoms with Crippen molar-refractivity contribution in [2.45, 2.75) is 45.1 Å². The Kier molecular flexibility index (Phi) is 7.06. The molecule has 0 saturated carbocycles. The van der Waals surface area contributed by atoms with E-state index in [0.29, 0.717) is 6.04 Å². The Labute approximate surface area is 122 Å². The maximum Gasteiger partial charge on any atom is 0.0406 e. The Morgan fingerprint density at radius 3 is 2.33 bits per heavy atom. The molecule has 3 heteroatoms. The molecule has 0 aromatic heterocycles. The fourth-order valence-corrected chi connectivity index (χ4v) is 2.82. The average molecular weight is 288 g/mol. The highest BCUT2D eigenvalue weighted by atomic mass is 35.5. The van der Waals surface area contributed by atoms with Gasteiger partial charge in [0.2, 0.25) is 0 Å². The predicted molar refractivity (Wildman–Crippen MR) is 81.8 cm³/mol. The van der Waals surface area contributed by atoms with Gasteiger partial charge in [-0.3, -0.25) is 4.90 Å². The highest BCUT2D eigenvalue weighted by Gasteiger charge is 2.22. The maximum absolute atomic E-state index is 5.97. The number of benzene rings is 1. The smallest absolute Gasteiger partial charge is 0.0406 e. The van der Waals surface area contributed by atoms with Crippen LogP contribution in [0.5, 0.6) is 0 Å². The van der Waals surface area contributed by atoms with Crippen LogP contribution in [0, 0.1) is 0 Å². The Morgan fingerprint density at radius 2 is 1.78 bits per heavy atom. The van der Waals surface area contributed by atoms with Crippen molar-refractivity contribution in [3.63, 3.8) is 0 Å². The minimum Gasteiger partial charge on any atom is -0.296 e. The number of unbranched alkanes of at least 4 members (excludes halogenated alkanes) is 1. The zero-order valence-electron chi connectivity index (χ0n) is 11.1. The topological polar surface area (TPSA) is 3.24 Å². The Morgan fingerprint density at radius 1 is 1.17 bits per heavy atom. The summed E-state index contributed by atoms with van der Waals surface area (Å²) < 4.78 is 0. The van der Waals surface area contributed by atoms with Gasteiger partial charge in [-0.2, -0.15) is 0 Å². The fraction of sp³-hybridized carbons (Fsp3) is 0.600. The molecular weight excluding hydrogens is 265 g/mol. The Hall–Kier alpha value is -0.240. The number of halogens is 2. The van der Waals surface area contributed by atoms with Gasteiger partial charge in [0, 0.05) is 11.1 Å². The van der Waals surface area contributed by atoms with Gasteiger partial charge in [-0.05, 0) is 50.0 Å². The van der Waals surface area contributed by atoms with E-state index in [2.05, 4.69) is 24.0 Å². The minimum absolute atomic E-state index is 0. The van der Waals surface area contributed by atoms with Crippen molar-refractivity contribution >= 4 is 24.0 Å². The number of nitrogens with zero attached hydrogens (tertiary/aromatic N) is 1. The van der Waals surface area contributed by atoms with E-state index in [9.17, 15) is 0 Å². The van der Waals surface area contributed by atoms with Crippen LogP contribution in [0.3, 0.4) is 0 Å². The van der Waals surface area contributed by atoms with Gasteiger partial charge >= 0.3 is 0 Å². The molecule has 1 saturated heterocycles. The van der Waals surface area contributed by atoms with Gasteiger partial charge in [-0.25, -0.2) is 0 Å². The molecule has 2 rings (SSSR count). The van der Waals surface area contributed by atoms with Gasteiger partial charge in [0.15, 0.2) is 0 Å². The van der Waals surface area contributed by atoms with Crippen LogP contribution in [0.25, 0.3) is 0 Å². The summed E-state index contributed by atoms with van der Waals surface area (Å²) >= 11 is 5.97. The first-order valence-corrected chi connectivity index (χ1v) is 7.18. The summed E-state index contributed by atoms with van der Waals surface area (Å²) in [6.07, 6.45) is 6.58. The lowest BCUT2D eigenvalue weighted by atomic mass is 10.00. The largest absolute Gasteiger partial charge is 0.296 e. The molecule has 1 fully saturated rings. The van der Waals surface area contributed by atoms with E-state index in [1.807, 2.05) is 12.1 Å². The SMILES string of the molecule is CCCCC(c1ccc(Cl)cc1)N1CCCC1.Cl. The zero-order valence-corrected chi connectivity index (χ0v) is 12.6. The molecule has 1 aromatic carbocycles. The van der Waals surface area contributed by atoms with Crippen molar-refractivity contribution in [2.75, 3.05) is 13.1 Å². The van der Waals surface area contributed by atoms with Gasteiger partial charge in [0.25, 0.3) is 0 Å². The van der Waals surface area contributed by atoms with Crippen LogP contribution in [-0.2, 0) is 0 Å². The molecule has 1 aromatic rings. The van der Waals surface area contributed by atoms with Crippen molar-refractivity contribution in [2.24, 2.45) is 0 Å². The first kappa shape index (κ1) is 15.8. The van der Waals surface area contributed by atoms with E-state index in [4.69, 9.17) is 11.6 Å². The highest BCUT2D eigenvalue weighted by Crippen LogP contribution is 2.30. The molecule has 1 unspecified atom stereocenters. The van der Waals surface area contributed by atoms with Crippen LogP contribution < -0.4 is 0 Å². The fourth-order valence-electron chi connectivity index (χ4n) is 2.70. The van der Waals surface area contributed by atoms with Crippen molar-refractivity contribution in [1.29, 1.82) is 0 Å². The number of rotatable bonds is 5. The number of hydrogen-bond acceptors (Lipinski definition) is 1. The molecule has 1 aliphatic heterocycles. The third-order valence-corrected chi connectivity index (χ3v) is 3.92. The van der Waals surface area contributed by atoms with E-state index in [1.54, 1.807) is 0 Å². The van der Waals surface area contributed by atoms with Crippen LogP contribution >= 0.6 is 24.0 Å². The lowest BCUT2D eigenvalue weighted by Crippen LogP contribution is -2.25. The quantitative estimate of drug-likeness (QED) is 0.729. The second-order valence-electron chi connectivity index (χ2n) is 4.95. The molecule has 1 atom stereocenters. The second-order valence-corrected chi connectivity index (χ2v) is 5.39. The lowest BCUT2D eigenvalue weighted by molar-refractivity contribution is 0.229. The zero-order chi connectivity index (χ0) is 12.1. The van der Waals surface area contributed by atoms with Gasteiger partial charge < -0.3 is 0 Å². The van der Waals surface area contributed by atoms with Gasteiger partial charge in [-0.15, -0.1) is 12.4 Å². The first-order chi connectivity index (χ1) is 8.31.